The first-order valence-corrected chi connectivity index (χ1v) is 7.92. The molecule has 1 aliphatic rings. The second kappa shape index (κ2) is 6.29. The fourth-order valence-corrected chi connectivity index (χ4v) is 3.09. The van der Waals surface area contributed by atoms with Crippen molar-refractivity contribution in [3.63, 3.8) is 0 Å². The minimum atomic E-state index is -1.36. The number of benzene rings is 2. The highest BCUT2D eigenvalue weighted by molar-refractivity contribution is 6.05. The predicted octanol–water partition coefficient (Wildman–Crippen LogP) is 2.48. The van der Waals surface area contributed by atoms with Crippen LogP contribution in [0.25, 0.3) is 0 Å². The molecular formula is C19H20O6. The summed E-state index contributed by atoms with van der Waals surface area (Å²) >= 11 is 0. The molecule has 1 aliphatic heterocycles. The van der Waals surface area contributed by atoms with Crippen molar-refractivity contribution in [2.75, 3.05) is 7.11 Å². The Bertz CT molecular complexity index is 825. The van der Waals surface area contributed by atoms with Crippen molar-refractivity contribution < 1.29 is 29.6 Å². The molecule has 0 amide bonds. The summed E-state index contributed by atoms with van der Waals surface area (Å²) in [6, 6.07) is 7.16. The molecule has 2 aromatic carbocycles. The molecule has 0 saturated carbocycles. The highest BCUT2D eigenvalue weighted by Gasteiger charge is 2.40. The van der Waals surface area contributed by atoms with Crippen LogP contribution < -0.4 is 9.47 Å². The molecular weight excluding hydrogens is 324 g/mol. The fraction of sp³-hybridized carbons (Fsp3) is 0.316. The third-order valence-electron chi connectivity index (χ3n) is 4.65. The Morgan fingerprint density at radius 1 is 1.08 bits per heavy atom. The van der Waals surface area contributed by atoms with E-state index < -0.39 is 18.0 Å². The highest BCUT2D eigenvalue weighted by atomic mass is 16.6. The van der Waals surface area contributed by atoms with Gasteiger partial charge in [-0.25, -0.2) is 0 Å². The number of fused-ring (bicyclic) bond motifs is 1. The van der Waals surface area contributed by atoms with Crippen LogP contribution in [0.5, 0.6) is 23.0 Å². The highest BCUT2D eigenvalue weighted by Crippen LogP contribution is 2.46. The van der Waals surface area contributed by atoms with Crippen molar-refractivity contribution in [3.05, 3.63) is 46.5 Å². The number of ketones is 1. The largest absolute Gasteiger partial charge is 0.507 e. The van der Waals surface area contributed by atoms with E-state index in [1.54, 1.807) is 26.2 Å². The number of Topliss-reactive ketones (excluding diaryl/α,β-unsaturated/α-hetero) is 1. The van der Waals surface area contributed by atoms with Crippen LogP contribution in [-0.2, 0) is 6.42 Å². The first-order valence-electron chi connectivity index (χ1n) is 7.92. The van der Waals surface area contributed by atoms with E-state index in [4.69, 9.17) is 9.47 Å². The summed E-state index contributed by atoms with van der Waals surface area (Å²) in [5, 5.41) is 30.6. The van der Waals surface area contributed by atoms with Gasteiger partial charge in [0.1, 0.15) is 28.6 Å². The molecule has 6 heteroatoms. The smallest absolute Gasteiger partial charge is 0.207 e. The van der Waals surface area contributed by atoms with Crippen LogP contribution in [0, 0.1) is 19.8 Å². The normalized spacial score (nSPS) is 19.3. The zero-order valence-corrected chi connectivity index (χ0v) is 14.2. The second-order valence-electron chi connectivity index (χ2n) is 6.18. The molecule has 0 aliphatic carbocycles. The van der Waals surface area contributed by atoms with Crippen LogP contribution in [0.15, 0.2) is 24.3 Å². The number of hydrogen-bond acceptors (Lipinski definition) is 6. The van der Waals surface area contributed by atoms with E-state index in [2.05, 4.69) is 0 Å². The number of phenols is 2. The number of aliphatic hydroxyl groups is 1. The van der Waals surface area contributed by atoms with Gasteiger partial charge < -0.3 is 24.8 Å². The molecule has 1 heterocycles. The summed E-state index contributed by atoms with van der Waals surface area (Å²) in [6.07, 6.45) is -1.11. The van der Waals surface area contributed by atoms with Gasteiger partial charge in [-0.15, -0.1) is 0 Å². The summed E-state index contributed by atoms with van der Waals surface area (Å²) < 4.78 is 10.6. The average molecular weight is 344 g/mol. The van der Waals surface area contributed by atoms with Crippen LogP contribution in [0.2, 0.25) is 0 Å². The van der Waals surface area contributed by atoms with Crippen molar-refractivity contribution >= 4 is 5.78 Å². The van der Waals surface area contributed by atoms with Gasteiger partial charge in [-0.2, -0.15) is 0 Å². The maximum absolute atomic E-state index is 12.9. The van der Waals surface area contributed by atoms with E-state index in [1.165, 1.54) is 6.92 Å². The Kier molecular flexibility index (Phi) is 4.30. The molecule has 0 fully saturated rings. The van der Waals surface area contributed by atoms with Gasteiger partial charge in [-0.1, -0.05) is 12.1 Å². The second-order valence-corrected chi connectivity index (χ2v) is 6.18. The van der Waals surface area contributed by atoms with Gasteiger partial charge in [0, 0.05) is 11.1 Å². The Balaban J connectivity index is 1.98. The number of aliphatic hydroxyl groups excluding tert-OH is 1. The topological polar surface area (TPSA) is 96.2 Å². The lowest BCUT2D eigenvalue weighted by molar-refractivity contribution is -0.0598. The molecule has 2 aromatic rings. The van der Waals surface area contributed by atoms with E-state index >= 15 is 0 Å². The third kappa shape index (κ3) is 2.78. The summed E-state index contributed by atoms with van der Waals surface area (Å²) in [6.45, 7) is 3.10. The van der Waals surface area contributed by atoms with Crippen LogP contribution in [0.3, 0.4) is 0 Å². The summed E-state index contributed by atoms with van der Waals surface area (Å²) in [7, 11) is 1.57. The van der Waals surface area contributed by atoms with Gasteiger partial charge in [-0.05, 0) is 38.0 Å². The van der Waals surface area contributed by atoms with Crippen molar-refractivity contribution in [1.82, 2.24) is 0 Å². The number of hydrogen-bond donors (Lipinski definition) is 3. The molecule has 2 atom stereocenters. The van der Waals surface area contributed by atoms with Crippen molar-refractivity contribution in [3.8, 4) is 23.0 Å². The molecule has 0 aromatic heterocycles. The standard InChI is InChI=1S/C19H20O6/c1-9-15(20)10(2)18-14(16(9)21)17(22)13(19(23)25-18)8-11-4-6-12(24-3)7-5-11/h4-7,13,19-21,23H,8H2,1-3H3. The first-order chi connectivity index (χ1) is 11.8. The number of phenolic OH excluding ortho intramolecular Hbond substituents is 2. The third-order valence-corrected chi connectivity index (χ3v) is 4.65. The Labute approximate surface area is 145 Å². The fourth-order valence-electron chi connectivity index (χ4n) is 3.09. The number of ether oxygens (including phenoxy) is 2. The van der Waals surface area contributed by atoms with Gasteiger partial charge in [0.2, 0.25) is 6.29 Å². The van der Waals surface area contributed by atoms with Gasteiger partial charge >= 0.3 is 0 Å². The minimum Gasteiger partial charge on any atom is -0.507 e. The molecule has 132 valence electrons. The molecule has 25 heavy (non-hydrogen) atoms. The van der Waals surface area contributed by atoms with Gasteiger partial charge in [-0.3, -0.25) is 4.79 Å². The van der Waals surface area contributed by atoms with E-state index in [1.807, 2.05) is 12.1 Å². The number of rotatable bonds is 3. The van der Waals surface area contributed by atoms with Crippen LogP contribution in [-0.4, -0.2) is 34.5 Å². The quantitative estimate of drug-likeness (QED) is 0.792. The minimum absolute atomic E-state index is 0.0108. The zero-order valence-electron chi connectivity index (χ0n) is 14.2. The van der Waals surface area contributed by atoms with Crippen LogP contribution in [0.1, 0.15) is 27.0 Å². The molecule has 0 saturated heterocycles. The van der Waals surface area contributed by atoms with Crippen molar-refractivity contribution in [2.24, 2.45) is 5.92 Å². The molecule has 3 rings (SSSR count). The molecule has 6 nitrogen and oxygen atoms in total. The number of carbonyl (C=O) groups excluding carboxylic acids is 1. The van der Waals surface area contributed by atoms with E-state index in [0.717, 1.165) is 5.56 Å². The van der Waals surface area contributed by atoms with E-state index in [-0.39, 0.29) is 34.8 Å². The predicted molar refractivity (Wildman–Crippen MR) is 90.4 cm³/mol. The zero-order chi connectivity index (χ0) is 18.3. The van der Waals surface area contributed by atoms with E-state index in [0.29, 0.717) is 11.3 Å². The molecule has 3 N–H and O–H groups in total. The lowest BCUT2D eigenvalue weighted by Crippen LogP contribution is -2.39. The molecule has 2 unspecified atom stereocenters. The van der Waals surface area contributed by atoms with Gasteiger partial charge in [0.15, 0.2) is 5.78 Å². The maximum Gasteiger partial charge on any atom is 0.207 e. The molecule has 0 radical (unpaired) electrons. The summed E-state index contributed by atoms with van der Waals surface area (Å²) in [5.41, 5.74) is 1.38. The lowest BCUT2D eigenvalue weighted by Gasteiger charge is -2.31. The number of methoxy groups -OCH3 is 1. The van der Waals surface area contributed by atoms with Gasteiger partial charge in [0.05, 0.1) is 13.0 Å². The molecule has 0 spiro atoms. The SMILES string of the molecule is COc1ccc(CC2C(=O)c3c(O)c(C)c(O)c(C)c3OC2O)cc1. The van der Waals surface area contributed by atoms with Crippen molar-refractivity contribution in [1.29, 1.82) is 0 Å². The Hall–Kier alpha value is -2.73. The van der Waals surface area contributed by atoms with Gasteiger partial charge in [0.25, 0.3) is 0 Å². The molecule has 0 bridgehead atoms. The first kappa shape index (κ1) is 17.1. The number of aromatic hydroxyl groups is 2. The summed E-state index contributed by atoms with van der Waals surface area (Å²) in [5.74, 6) is -0.993. The van der Waals surface area contributed by atoms with E-state index in [9.17, 15) is 20.1 Å². The average Bonchev–Trinajstić information content (AvgIpc) is 2.61. The maximum atomic E-state index is 12.9. The Morgan fingerprint density at radius 2 is 1.72 bits per heavy atom. The summed E-state index contributed by atoms with van der Waals surface area (Å²) in [4.78, 5) is 12.9. The van der Waals surface area contributed by atoms with Crippen LogP contribution in [0.4, 0.5) is 0 Å². The Morgan fingerprint density at radius 3 is 2.32 bits per heavy atom. The lowest BCUT2D eigenvalue weighted by atomic mass is 9.86. The number of carbonyl (C=O) groups is 1. The monoisotopic (exact) mass is 344 g/mol. The van der Waals surface area contributed by atoms with Crippen molar-refractivity contribution in [2.45, 2.75) is 26.6 Å². The van der Waals surface area contributed by atoms with Crippen LogP contribution >= 0.6 is 0 Å².